The van der Waals surface area contributed by atoms with Crippen LogP contribution in [-0.4, -0.2) is 246 Å². The predicted octanol–water partition coefficient (Wildman–Crippen LogP) is -2.60. The Morgan fingerprint density at radius 2 is 0.880 bits per heavy atom. The highest BCUT2D eigenvalue weighted by Gasteiger charge is 2.54. The van der Waals surface area contributed by atoms with Crippen LogP contribution < -0.4 is 33.5 Å². The molecule has 29 nitrogen and oxygen atoms in total. The SMILES string of the molecule is C[C@H]1O[C@H](O[C@H]2[C@H](O[C@@H]3O[C@H](/C=N/Oc4ccccc4)[C@@H](O[C@H]4O[C@@H](CN)[C@@H](O)[C@H](O)[C@H]4N)[C@H]3O)[C@@H](O)[C@H](N)C[C@@H]2N)[C@H](N)[C@@H](O)[C@@H]1O.O=C(O)C(F)(F)F.O=C(O)C(F)(F)F.O=C(O)C(F)(F)F.O=C(O)C(F)(F)F.O=C(O)C(F)(F)F. The average molecular weight is 1260 g/mol. The molecule has 3 aliphatic heterocycles. The molecule has 0 radical (unpaired) electrons. The van der Waals surface area contributed by atoms with E-state index in [1.54, 1.807) is 30.3 Å². The van der Waals surface area contributed by atoms with Crippen LogP contribution in [0.4, 0.5) is 65.9 Å². The monoisotopic (exact) mass is 1260 g/mol. The van der Waals surface area contributed by atoms with Gasteiger partial charge in [-0.2, -0.15) is 65.9 Å². The van der Waals surface area contributed by atoms with Crippen molar-refractivity contribution in [3.8, 4) is 5.75 Å². The molecule has 0 amide bonds. The summed E-state index contributed by atoms with van der Waals surface area (Å²) < 4.78 is 194. The largest absolute Gasteiger partial charge is 0.490 e. The van der Waals surface area contributed by atoms with Crippen LogP contribution in [0.2, 0.25) is 0 Å². The summed E-state index contributed by atoms with van der Waals surface area (Å²) in [4.78, 5) is 49.9. The van der Waals surface area contributed by atoms with Gasteiger partial charge in [0.2, 0.25) is 0 Å². The highest BCUT2D eigenvalue weighted by atomic mass is 19.4. The lowest BCUT2D eigenvalue weighted by Crippen LogP contribution is -2.67. The number of hydrogen-bond acceptors (Lipinski definition) is 24. The van der Waals surface area contributed by atoms with Crippen LogP contribution in [0, 0.1) is 0 Å². The smallest absolute Gasteiger partial charge is 0.475 e. The summed E-state index contributed by atoms with van der Waals surface area (Å²) in [7, 11) is 0. The van der Waals surface area contributed by atoms with Crippen LogP contribution in [0.3, 0.4) is 0 Å². The summed E-state index contributed by atoms with van der Waals surface area (Å²) >= 11 is 0. The van der Waals surface area contributed by atoms with Crippen LogP contribution in [0.5, 0.6) is 5.75 Å². The zero-order chi connectivity index (χ0) is 65.2. The maximum absolute atomic E-state index is 11.5. The van der Waals surface area contributed by atoms with Crippen molar-refractivity contribution >= 4 is 36.1 Å². The van der Waals surface area contributed by atoms with E-state index >= 15 is 0 Å². The number of para-hydroxylation sites is 1. The van der Waals surface area contributed by atoms with Gasteiger partial charge in [-0.25, -0.2) is 24.0 Å². The van der Waals surface area contributed by atoms with Gasteiger partial charge in [-0.05, 0) is 25.5 Å². The second-order valence-electron chi connectivity index (χ2n) is 16.6. The van der Waals surface area contributed by atoms with Gasteiger partial charge < -0.3 is 118 Å². The van der Waals surface area contributed by atoms with Crippen molar-refractivity contribution in [1.82, 2.24) is 0 Å². The van der Waals surface area contributed by atoms with Crippen molar-refractivity contribution < 1.29 is 179 Å². The van der Waals surface area contributed by atoms with Crippen molar-refractivity contribution in [2.45, 2.75) is 161 Å². The van der Waals surface area contributed by atoms with E-state index in [4.69, 9.17) is 111 Å². The number of hydrogen-bond donors (Lipinski definition) is 16. The number of carbonyl (C=O) groups is 5. The van der Waals surface area contributed by atoms with E-state index in [2.05, 4.69) is 5.16 Å². The molecule has 3 saturated heterocycles. The molecule has 1 aromatic rings. The van der Waals surface area contributed by atoms with Crippen LogP contribution in [0.1, 0.15) is 13.3 Å². The molecule has 21 N–H and O–H groups in total. The highest BCUT2D eigenvalue weighted by molar-refractivity contribution is 5.74. The molecule has 4 fully saturated rings. The van der Waals surface area contributed by atoms with E-state index in [0.29, 0.717) is 5.75 Å². The maximum atomic E-state index is 11.5. The van der Waals surface area contributed by atoms with Gasteiger partial charge in [0.25, 0.3) is 0 Å². The molecular formula is C39H53F15N6O23. The first kappa shape index (κ1) is 77.3. The van der Waals surface area contributed by atoms with Gasteiger partial charge in [0.05, 0.1) is 30.5 Å². The number of rotatable bonds is 10. The summed E-state index contributed by atoms with van der Waals surface area (Å²) in [5.41, 5.74) is 30.5. The third kappa shape index (κ3) is 25.6. The first-order chi connectivity index (χ1) is 37.5. The van der Waals surface area contributed by atoms with E-state index < -0.39 is 177 Å². The Kier molecular flexibility index (Phi) is 30.3. The second kappa shape index (κ2) is 32.6. The Bertz CT molecular complexity index is 2070. The number of aliphatic hydroxyl groups excluding tert-OH is 6. The fourth-order valence-electron chi connectivity index (χ4n) is 6.20. The molecule has 1 aromatic carbocycles. The summed E-state index contributed by atoms with van der Waals surface area (Å²) in [6.45, 7) is 1.36. The average Bonchev–Trinajstić information content (AvgIpc) is 3.94. The minimum absolute atomic E-state index is 0.105. The number of halogens is 15. The van der Waals surface area contributed by atoms with Crippen LogP contribution in [-0.2, 0) is 52.4 Å². The van der Waals surface area contributed by atoms with E-state index in [1.807, 2.05) is 0 Å². The van der Waals surface area contributed by atoms with E-state index in [0.717, 1.165) is 0 Å². The van der Waals surface area contributed by atoms with Crippen molar-refractivity contribution in [2.24, 2.45) is 33.8 Å². The van der Waals surface area contributed by atoms with Crippen molar-refractivity contribution in [1.29, 1.82) is 0 Å². The predicted molar refractivity (Wildman–Crippen MR) is 232 cm³/mol. The number of carboxylic acids is 5. The molecule has 0 unspecified atom stereocenters. The van der Waals surface area contributed by atoms with Crippen molar-refractivity contribution in [2.75, 3.05) is 6.54 Å². The molecule has 1 aliphatic carbocycles. The Labute approximate surface area is 452 Å². The number of nitrogens with two attached hydrogens (primary N) is 5. The number of alkyl halides is 15. The molecule has 0 bridgehead atoms. The molecule has 1 saturated carbocycles. The van der Waals surface area contributed by atoms with Gasteiger partial charge in [-0.3, -0.25) is 0 Å². The topological polar surface area (TPSA) is 515 Å². The lowest BCUT2D eigenvalue weighted by Gasteiger charge is -2.47. The quantitative estimate of drug-likeness (QED) is 0.0649. The Morgan fingerprint density at radius 1 is 0.518 bits per heavy atom. The number of benzene rings is 1. The fourth-order valence-corrected chi connectivity index (χ4v) is 6.20. The minimum atomic E-state index is -5.08. The van der Waals surface area contributed by atoms with Crippen LogP contribution in [0.25, 0.3) is 0 Å². The molecular weight excluding hydrogens is 1210 g/mol. The Balaban J connectivity index is 0.00000154. The van der Waals surface area contributed by atoms with Gasteiger partial charge in [-0.15, -0.1) is 0 Å². The summed E-state index contributed by atoms with van der Waals surface area (Å²) in [5, 5.41) is 104. The zero-order valence-electron chi connectivity index (χ0n) is 41.2. The van der Waals surface area contributed by atoms with Gasteiger partial charge in [0.1, 0.15) is 61.0 Å². The second-order valence-corrected chi connectivity index (χ2v) is 16.6. The number of aliphatic carboxylic acids is 5. The molecule has 5 rings (SSSR count). The summed E-state index contributed by atoms with van der Waals surface area (Å²) in [5.74, 6) is -13.4. The third-order valence-electron chi connectivity index (χ3n) is 10.4. The number of oxime groups is 1. The number of aliphatic hydroxyl groups is 6. The van der Waals surface area contributed by atoms with E-state index in [9.17, 15) is 96.5 Å². The number of nitrogens with zero attached hydrogens (tertiary/aromatic N) is 1. The molecule has 482 valence electrons. The maximum Gasteiger partial charge on any atom is 0.490 e. The Hall–Kier alpha value is -5.69. The lowest BCUT2D eigenvalue weighted by molar-refractivity contribution is -0.305. The molecule has 0 aromatic heterocycles. The molecule has 83 heavy (non-hydrogen) atoms. The first-order valence-electron chi connectivity index (χ1n) is 22.0. The zero-order valence-corrected chi connectivity index (χ0v) is 41.2. The van der Waals surface area contributed by atoms with Crippen LogP contribution >= 0.6 is 0 Å². The summed E-state index contributed by atoms with van der Waals surface area (Å²) in [6.07, 6.45) is -43.6. The first-order valence-corrected chi connectivity index (χ1v) is 22.0. The molecule has 3 heterocycles. The van der Waals surface area contributed by atoms with Gasteiger partial charge in [0.15, 0.2) is 24.6 Å². The summed E-state index contributed by atoms with van der Waals surface area (Å²) in [6, 6.07) is 4.46. The number of ether oxygens (including phenoxy) is 6. The van der Waals surface area contributed by atoms with Crippen molar-refractivity contribution in [3.05, 3.63) is 30.3 Å². The van der Waals surface area contributed by atoms with Crippen LogP contribution in [0.15, 0.2) is 35.5 Å². The molecule has 4 aliphatic rings. The third-order valence-corrected chi connectivity index (χ3v) is 10.4. The Morgan fingerprint density at radius 3 is 1.27 bits per heavy atom. The molecule has 44 heteroatoms. The van der Waals surface area contributed by atoms with Gasteiger partial charge in [0, 0.05) is 18.6 Å². The van der Waals surface area contributed by atoms with Gasteiger partial charge in [-0.1, -0.05) is 23.4 Å². The normalized spacial score (nSPS) is 32.8. The minimum Gasteiger partial charge on any atom is -0.475 e. The van der Waals surface area contributed by atoms with Gasteiger partial charge >= 0.3 is 60.7 Å². The molecule has 0 spiro atoms. The standard InChI is InChI=1S/C29H48N6O13.5C2HF3O2/c1-10-18(36)21(39)16(33)27(42-10)45-24-13(32)7-12(31)19(37)26(24)47-29-23(41)25(15(44-29)9-35-48-11-5-3-2-4-6-11)46-28-17(34)22(40)20(38)14(8-30)43-28;5*3-2(4,5)1(6)7/h2-6,9-10,12-29,36-41H,7-8,30-34H2,1H3;5*(H,6,7)/b35-9+;;;;;/t10-,12-,13+,14+,15-,16-,17-,18-,19+,20-,21-,22-,23-,24-,25-,26-,27-,28-,29+;;;;;/m1...../s1. The number of carboxylic acid groups (broad SMARTS) is 5. The molecule has 19 atom stereocenters. The lowest BCUT2D eigenvalue weighted by atomic mass is 9.84. The highest BCUT2D eigenvalue weighted by Crippen LogP contribution is 2.34. The van der Waals surface area contributed by atoms with E-state index in [1.165, 1.54) is 13.1 Å². The fraction of sp³-hybridized carbons (Fsp3) is 0.692. The van der Waals surface area contributed by atoms with Crippen molar-refractivity contribution in [3.63, 3.8) is 0 Å². The van der Waals surface area contributed by atoms with E-state index in [-0.39, 0.29) is 13.0 Å².